The van der Waals surface area contributed by atoms with Crippen LogP contribution in [0.3, 0.4) is 0 Å². The van der Waals surface area contributed by atoms with Crippen molar-refractivity contribution in [3.63, 3.8) is 0 Å². The highest BCUT2D eigenvalue weighted by atomic mass is 32.2. The van der Waals surface area contributed by atoms with E-state index < -0.39 is 21.0 Å². The van der Waals surface area contributed by atoms with Crippen molar-refractivity contribution >= 4 is 38.4 Å². The molecule has 0 aromatic carbocycles. The molecular formula is C18H24N2O3S3. The molecule has 0 unspecified atom stereocenters. The van der Waals surface area contributed by atoms with E-state index in [0.717, 1.165) is 35.6 Å². The van der Waals surface area contributed by atoms with Gasteiger partial charge in [0.1, 0.15) is 10.3 Å². The van der Waals surface area contributed by atoms with Gasteiger partial charge in [-0.25, -0.2) is 13.4 Å². The Hall–Kier alpha value is -1.25. The Balaban J connectivity index is 1.61. The van der Waals surface area contributed by atoms with E-state index >= 15 is 0 Å². The molecule has 0 saturated heterocycles. The van der Waals surface area contributed by atoms with Gasteiger partial charge in [-0.3, -0.25) is 4.79 Å². The summed E-state index contributed by atoms with van der Waals surface area (Å²) in [7, 11) is -3.59. The number of nitrogens with zero attached hydrogens (tertiary/aromatic N) is 1. The van der Waals surface area contributed by atoms with Crippen molar-refractivity contribution in [2.24, 2.45) is 5.92 Å². The van der Waals surface area contributed by atoms with Gasteiger partial charge in [0, 0.05) is 11.4 Å². The SMILES string of the molecule is CC1CCC(NC(=O)[C@@H](C)S(=O)(=O)Cc2csc(-c3cccs3)n2)CC1. The number of carbonyl (C=O) groups excluding carboxylic acids is 1. The largest absolute Gasteiger partial charge is 0.352 e. The molecule has 142 valence electrons. The van der Waals surface area contributed by atoms with Crippen molar-refractivity contribution in [2.45, 2.75) is 56.6 Å². The first-order chi connectivity index (χ1) is 12.3. The summed E-state index contributed by atoms with van der Waals surface area (Å²) in [4.78, 5) is 17.9. The molecule has 1 saturated carbocycles. The minimum Gasteiger partial charge on any atom is -0.352 e. The van der Waals surface area contributed by atoms with E-state index in [4.69, 9.17) is 0 Å². The molecule has 1 atom stereocenters. The van der Waals surface area contributed by atoms with E-state index in [1.807, 2.05) is 17.5 Å². The molecule has 1 amide bonds. The number of nitrogens with one attached hydrogen (secondary N) is 1. The summed E-state index contributed by atoms with van der Waals surface area (Å²) >= 11 is 3.00. The summed E-state index contributed by atoms with van der Waals surface area (Å²) in [6, 6.07) is 4.00. The molecular weight excluding hydrogens is 388 g/mol. The highest BCUT2D eigenvalue weighted by molar-refractivity contribution is 7.92. The first kappa shape index (κ1) is 19.5. The van der Waals surface area contributed by atoms with Gasteiger partial charge in [0.25, 0.3) is 0 Å². The van der Waals surface area contributed by atoms with Gasteiger partial charge in [0.05, 0.1) is 16.3 Å². The summed E-state index contributed by atoms with van der Waals surface area (Å²) in [6.45, 7) is 3.69. The standard InChI is InChI=1S/C18H24N2O3S3/c1-12-5-7-14(8-6-12)19-17(21)13(2)26(22,23)11-15-10-25-18(20-15)16-4-3-9-24-16/h3-4,9-10,12-14H,5-8,11H2,1-2H3,(H,19,21)/t12?,13-,14?/m1/s1. The van der Waals surface area contributed by atoms with Gasteiger partial charge in [-0.2, -0.15) is 0 Å². The van der Waals surface area contributed by atoms with Crippen LogP contribution in [0.4, 0.5) is 0 Å². The quantitative estimate of drug-likeness (QED) is 0.781. The second-order valence-corrected chi connectivity index (χ2v) is 11.2. The molecule has 5 nitrogen and oxygen atoms in total. The van der Waals surface area contributed by atoms with Crippen LogP contribution in [0.2, 0.25) is 0 Å². The summed E-state index contributed by atoms with van der Waals surface area (Å²) in [5.41, 5.74) is 0.504. The van der Waals surface area contributed by atoms with Gasteiger partial charge in [-0.1, -0.05) is 13.0 Å². The fourth-order valence-electron chi connectivity index (χ4n) is 3.10. The summed E-state index contributed by atoms with van der Waals surface area (Å²) in [5, 5.41) is 6.41. The third-order valence-corrected chi connectivity index (χ3v) is 8.82. The van der Waals surface area contributed by atoms with Crippen LogP contribution in [0, 0.1) is 5.92 Å². The number of aromatic nitrogens is 1. The lowest BCUT2D eigenvalue weighted by atomic mass is 9.87. The van der Waals surface area contributed by atoms with E-state index in [0.29, 0.717) is 11.6 Å². The number of carbonyl (C=O) groups is 1. The number of thiophene rings is 1. The minimum atomic E-state index is -3.59. The van der Waals surface area contributed by atoms with Crippen molar-refractivity contribution in [3.8, 4) is 9.88 Å². The van der Waals surface area contributed by atoms with Gasteiger partial charge in [0.15, 0.2) is 9.84 Å². The fourth-order valence-corrected chi connectivity index (χ4v) is 6.05. The number of hydrogen-bond donors (Lipinski definition) is 1. The van der Waals surface area contributed by atoms with E-state index in [9.17, 15) is 13.2 Å². The molecule has 1 fully saturated rings. The van der Waals surface area contributed by atoms with Gasteiger partial charge < -0.3 is 5.32 Å². The van der Waals surface area contributed by atoms with E-state index in [1.165, 1.54) is 18.3 Å². The Morgan fingerprint density at radius 2 is 2.04 bits per heavy atom. The number of thiazole rings is 1. The molecule has 0 aliphatic heterocycles. The lowest BCUT2D eigenvalue weighted by Gasteiger charge is -2.27. The molecule has 0 radical (unpaired) electrons. The van der Waals surface area contributed by atoms with Crippen LogP contribution < -0.4 is 5.32 Å². The van der Waals surface area contributed by atoms with Gasteiger partial charge in [0.2, 0.25) is 5.91 Å². The van der Waals surface area contributed by atoms with Crippen LogP contribution in [0.5, 0.6) is 0 Å². The predicted octanol–water partition coefficient (Wildman–Crippen LogP) is 3.87. The molecule has 2 heterocycles. The lowest BCUT2D eigenvalue weighted by Crippen LogP contribution is -2.44. The zero-order valence-corrected chi connectivity index (χ0v) is 17.4. The van der Waals surface area contributed by atoms with Crippen LogP contribution in [-0.4, -0.2) is 30.6 Å². The molecule has 2 aromatic rings. The fraction of sp³-hybridized carbons (Fsp3) is 0.556. The van der Waals surface area contributed by atoms with E-state index in [-0.39, 0.29) is 11.8 Å². The normalized spacial score (nSPS) is 22.1. The number of amides is 1. The van der Waals surface area contributed by atoms with Crippen molar-refractivity contribution in [1.82, 2.24) is 10.3 Å². The molecule has 1 aliphatic carbocycles. The second kappa shape index (κ2) is 8.19. The maximum Gasteiger partial charge on any atom is 0.238 e. The molecule has 1 N–H and O–H groups in total. The van der Waals surface area contributed by atoms with E-state index in [2.05, 4.69) is 17.2 Å². The van der Waals surface area contributed by atoms with Crippen LogP contribution in [-0.2, 0) is 20.4 Å². The average molecular weight is 413 g/mol. The summed E-state index contributed by atoms with van der Waals surface area (Å²) in [6.07, 6.45) is 4.01. The van der Waals surface area contributed by atoms with Crippen molar-refractivity contribution in [2.75, 3.05) is 0 Å². The topological polar surface area (TPSA) is 76.1 Å². The third kappa shape index (κ3) is 4.72. The first-order valence-electron chi connectivity index (χ1n) is 8.85. The van der Waals surface area contributed by atoms with Crippen LogP contribution in [0.15, 0.2) is 22.9 Å². The third-order valence-electron chi connectivity index (χ3n) is 4.90. The zero-order chi connectivity index (χ0) is 18.7. The first-order valence-corrected chi connectivity index (χ1v) is 12.3. The molecule has 3 rings (SSSR count). The molecule has 8 heteroatoms. The maximum atomic E-state index is 12.6. The predicted molar refractivity (Wildman–Crippen MR) is 107 cm³/mol. The highest BCUT2D eigenvalue weighted by Crippen LogP contribution is 2.29. The molecule has 0 bridgehead atoms. The summed E-state index contributed by atoms with van der Waals surface area (Å²) in [5.74, 6) is 0.0929. The Bertz CT molecular complexity index is 835. The van der Waals surface area contributed by atoms with Gasteiger partial charge >= 0.3 is 0 Å². The minimum absolute atomic E-state index is 0.0982. The zero-order valence-electron chi connectivity index (χ0n) is 15.0. The number of hydrogen-bond acceptors (Lipinski definition) is 6. The van der Waals surface area contributed by atoms with Crippen LogP contribution in [0.1, 0.15) is 45.2 Å². The van der Waals surface area contributed by atoms with Gasteiger partial charge in [-0.15, -0.1) is 22.7 Å². The second-order valence-electron chi connectivity index (χ2n) is 7.04. The van der Waals surface area contributed by atoms with Crippen molar-refractivity contribution in [1.29, 1.82) is 0 Å². The van der Waals surface area contributed by atoms with Crippen LogP contribution >= 0.6 is 22.7 Å². The molecule has 2 aromatic heterocycles. The molecule has 0 spiro atoms. The number of sulfone groups is 1. The average Bonchev–Trinajstić information content (AvgIpc) is 3.27. The Morgan fingerprint density at radius 3 is 2.69 bits per heavy atom. The van der Waals surface area contributed by atoms with Crippen LogP contribution in [0.25, 0.3) is 9.88 Å². The lowest BCUT2D eigenvalue weighted by molar-refractivity contribution is -0.121. The summed E-state index contributed by atoms with van der Waals surface area (Å²) < 4.78 is 25.3. The smallest absolute Gasteiger partial charge is 0.238 e. The Kier molecular flexibility index (Phi) is 6.14. The van der Waals surface area contributed by atoms with Crippen molar-refractivity contribution in [3.05, 3.63) is 28.6 Å². The highest BCUT2D eigenvalue weighted by Gasteiger charge is 2.31. The van der Waals surface area contributed by atoms with Crippen molar-refractivity contribution < 1.29 is 13.2 Å². The van der Waals surface area contributed by atoms with E-state index in [1.54, 1.807) is 16.7 Å². The Morgan fingerprint density at radius 1 is 1.31 bits per heavy atom. The molecule has 26 heavy (non-hydrogen) atoms. The Labute approximate surface area is 162 Å². The monoisotopic (exact) mass is 412 g/mol. The number of rotatable bonds is 6. The van der Waals surface area contributed by atoms with Gasteiger partial charge in [-0.05, 0) is 50.0 Å². The maximum absolute atomic E-state index is 12.6. The molecule has 1 aliphatic rings.